The highest BCUT2D eigenvalue weighted by Gasteiger charge is 2.14. The standard InChI is InChI=1S/C19H23N5O3/c1-11(2)20-19-21-12(3)8-16(22-19)18-23-17(24-27-18)14-6-4-13(5-7-14)9-15(26)10-25/h4-8,11,15,25-26H,9-10H2,1-3H3,(H,20,21,22). The van der Waals surface area contributed by atoms with Crippen molar-refractivity contribution in [3.8, 4) is 23.0 Å². The van der Waals surface area contributed by atoms with Crippen molar-refractivity contribution in [3.63, 3.8) is 0 Å². The van der Waals surface area contributed by atoms with Crippen LogP contribution in [-0.4, -0.2) is 49.1 Å². The van der Waals surface area contributed by atoms with Gasteiger partial charge in [0, 0.05) is 23.7 Å². The number of hydrogen-bond acceptors (Lipinski definition) is 8. The highest BCUT2D eigenvalue weighted by Crippen LogP contribution is 2.23. The molecule has 0 spiro atoms. The third-order valence-corrected chi connectivity index (χ3v) is 3.81. The van der Waals surface area contributed by atoms with Crippen molar-refractivity contribution in [2.24, 2.45) is 0 Å². The Morgan fingerprint density at radius 1 is 1.11 bits per heavy atom. The molecule has 3 N–H and O–H groups in total. The van der Waals surface area contributed by atoms with Crippen molar-refractivity contribution in [1.29, 1.82) is 0 Å². The summed E-state index contributed by atoms with van der Waals surface area (Å²) in [5.41, 5.74) is 3.07. The lowest BCUT2D eigenvalue weighted by Gasteiger charge is -2.09. The van der Waals surface area contributed by atoms with Crippen LogP contribution in [0.3, 0.4) is 0 Å². The van der Waals surface area contributed by atoms with E-state index in [1.165, 1.54) is 0 Å². The molecule has 3 aromatic rings. The van der Waals surface area contributed by atoms with E-state index in [-0.39, 0.29) is 12.6 Å². The normalized spacial score (nSPS) is 12.4. The Kier molecular flexibility index (Phi) is 5.78. The topological polar surface area (TPSA) is 117 Å². The first kappa shape index (κ1) is 18.9. The molecule has 2 heterocycles. The molecule has 0 radical (unpaired) electrons. The van der Waals surface area contributed by atoms with Crippen LogP contribution in [0.1, 0.15) is 25.1 Å². The molecule has 0 aliphatic carbocycles. The minimum atomic E-state index is -0.762. The molecule has 0 fully saturated rings. The van der Waals surface area contributed by atoms with Crippen LogP contribution in [0, 0.1) is 6.92 Å². The zero-order valence-electron chi connectivity index (χ0n) is 15.5. The van der Waals surface area contributed by atoms with Crippen LogP contribution in [-0.2, 0) is 6.42 Å². The van der Waals surface area contributed by atoms with Crippen LogP contribution in [0.15, 0.2) is 34.9 Å². The van der Waals surface area contributed by atoms with E-state index in [2.05, 4.69) is 25.4 Å². The first-order chi connectivity index (χ1) is 12.9. The van der Waals surface area contributed by atoms with E-state index in [0.717, 1.165) is 16.8 Å². The molecule has 0 saturated carbocycles. The smallest absolute Gasteiger partial charge is 0.277 e. The van der Waals surface area contributed by atoms with E-state index < -0.39 is 6.10 Å². The molecule has 8 nitrogen and oxygen atoms in total. The molecule has 1 aromatic carbocycles. The highest BCUT2D eigenvalue weighted by molar-refractivity contribution is 5.59. The maximum atomic E-state index is 9.52. The van der Waals surface area contributed by atoms with E-state index in [9.17, 15) is 5.11 Å². The second kappa shape index (κ2) is 8.24. The predicted octanol–water partition coefficient (Wildman–Crippen LogP) is 2.22. The van der Waals surface area contributed by atoms with Crippen molar-refractivity contribution in [2.45, 2.75) is 39.3 Å². The summed E-state index contributed by atoms with van der Waals surface area (Å²) >= 11 is 0. The molecule has 2 aromatic heterocycles. The largest absolute Gasteiger partial charge is 0.394 e. The predicted molar refractivity (Wildman–Crippen MR) is 101 cm³/mol. The van der Waals surface area contributed by atoms with E-state index >= 15 is 0 Å². The highest BCUT2D eigenvalue weighted by atomic mass is 16.5. The summed E-state index contributed by atoms with van der Waals surface area (Å²) in [6.45, 7) is 5.65. The van der Waals surface area contributed by atoms with Crippen molar-refractivity contribution < 1.29 is 14.7 Å². The van der Waals surface area contributed by atoms with Crippen LogP contribution in [0.5, 0.6) is 0 Å². The lowest BCUT2D eigenvalue weighted by Crippen LogP contribution is -2.14. The number of nitrogens with one attached hydrogen (secondary N) is 1. The average Bonchev–Trinajstić information content (AvgIpc) is 3.11. The summed E-state index contributed by atoms with van der Waals surface area (Å²) in [4.78, 5) is 13.2. The van der Waals surface area contributed by atoms with Crippen LogP contribution in [0.25, 0.3) is 23.0 Å². The summed E-state index contributed by atoms with van der Waals surface area (Å²) in [6.07, 6.45) is -0.373. The molecule has 0 aliphatic heterocycles. The van der Waals surface area contributed by atoms with Gasteiger partial charge in [0.1, 0.15) is 5.69 Å². The zero-order chi connectivity index (χ0) is 19.4. The molecule has 142 valence electrons. The summed E-state index contributed by atoms with van der Waals surface area (Å²) in [7, 11) is 0. The van der Waals surface area contributed by atoms with E-state index in [1.807, 2.05) is 45.0 Å². The lowest BCUT2D eigenvalue weighted by molar-refractivity contribution is 0.0955. The zero-order valence-corrected chi connectivity index (χ0v) is 15.5. The molecule has 0 aliphatic rings. The first-order valence-electron chi connectivity index (χ1n) is 8.79. The molecule has 0 saturated heterocycles. The Morgan fingerprint density at radius 2 is 1.85 bits per heavy atom. The van der Waals surface area contributed by atoms with Crippen LogP contribution in [0.4, 0.5) is 5.95 Å². The van der Waals surface area contributed by atoms with Crippen molar-refractivity contribution in [3.05, 3.63) is 41.6 Å². The molecule has 0 bridgehead atoms. The van der Waals surface area contributed by atoms with Gasteiger partial charge in [0.2, 0.25) is 11.8 Å². The molecular weight excluding hydrogens is 346 g/mol. The van der Waals surface area contributed by atoms with E-state index in [4.69, 9.17) is 9.63 Å². The molecular formula is C19H23N5O3. The Hall–Kier alpha value is -2.84. The number of anilines is 1. The summed E-state index contributed by atoms with van der Waals surface area (Å²) in [5.74, 6) is 1.29. The van der Waals surface area contributed by atoms with E-state index in [1.54, 1.807) is 6.07 Å². The number of aliphatic hydroxyl groups excluding tert-OH is 2. The molecule has 1 unspecified atom stereocenters. The Bertz CT molecular complexity index is 893. The minimum absolute atomic E-state index is 0.209. The molecule has 8 heteroatoms. The van der Waals surface area contributed by atoms with Gasteiger partial charge in [0.15, 0.2) is 0 Å². The van der Waals surface area contributed by atoms with Gasteiger partial charge in [0.25, 0.3) is 5.89 Å². The Morgan fingerprint density at radius 3 is 2.52 bits per heavy atom. The molecule has 27 heavy (non-hydrogen) atoms. The number of rotatable bonds is 7. The number of aliphatic hydroxyl groups is 2. The Balaban J connectivity index is 1.81. The van der Waals surface area contributed by atoms with Gasteiger partial charge in [-0.2, -0.15) is 4.98 Å². The third-order valence-electron chi connectivity index (χ3n) is 3.81. The Labute approximate surface area is 157 Å². The quantitative estimate of drug-likeness (QED) is 0.580. The minimum Gasteiger partial charge on any atom is -0.394 e. The number of aromatic nitrogens is 4. The second-order valence-corrected chi connectivity index (χ2v) is 6.68. The van der Waals surface area contributed by atoms with Gasteiger partial charge in [0.05, 0.1) is 12.7 Å². The fourth-order valence-electron chi connectivity index (χ4n) is 2.57. The summed E-state index contributed by atoms with van der Waals surface area (Å²) in [6, 6.07) is 9.44. The number of aryl methyl sites for hydroxylation is 1. The maximum Gasteiger partial charge on any atom is 0.277 e. The SMILES string of the molecule is Cc1cc(-c2nc(-c3ccc(CC(O)CO)cc3)no2)nc(NC(C)C)n1. The molecule has 1 atom stereocenters. The van der Waals surface area contributed by atoms with Crippen molar-refractivity contribution >= 4 is 5.95 Å². The number of nitrogens with zero attached hydrogens (tertiary/aromatic N) is 4. The monoisotopic (exact) mass is 369 g/mol. The van der Waals surface area contributed by atoms with Crippen LogP contribution >= 0.6 is 0 Å². The van der Waals surface area contributed by atoms with Gasteiger partial charge in [-0.25, -0.2) is 9.97 Å². The van der Waals surface area contributed by atoms with E-state index in [0.29, 0.717) is 29.8 Å². The van der Waals surface area contributed by atoms with Gasteiger partial charge < -0.3 is 20.1 Å². The van der Waals surface area contributed by atoms with Crippen molar-refractivity contribution in [2.75, 3.05) is 11.9 Å². The number of benzene rings is 1. The van der Waals surface area contributed by atoms with Gasteiger partial charge >= 0.3 is 0 Å². The lowest BCUT2D eigenvalue weighted by atomic mass is 10.1. The third kappa shape index (κ3) is 4.87. The van der Waals surface area contributed by atoms with Gasteiger partial charge in [-0.15, -0.1) is 0 Å². The van der Waals surface area contributed by atoms with Gasteiger partial charge in [-0.3, -0.25) is 0 Å². The van der Waals surface area contributed by atoms with Crippen molar-refractivity contribution in [1.82, 2.24) is 20.1 Å². The average molecular weight is 369 g/mol. The van der Waals surface area contributed by atoms with Gasteiger partial charge in [-0.05, 0) is 32.4 Å². The van der Waals surface area contributed by atoms with Crippen LogP contribution < -0.4 is 5.32 Å². The fourth-order valence-corrected chi connectivity index (χ4v) is 2.57. The van der Waals surface area contributed by atoms with Crippen LogP contribution in [0.2, 0.25) is 0 Å². The molecule has 0 amide bonds. The number of hydrogen-bond donors (Lipinski definition) is 3. The molecule has 3 rings (SSSR count). The first-order valence-corrected chi connectivity index (χ1v) is 8.79. The fraction of sp³-hybridized carbons (Fsp3) is 0.368. The van der Waals surface area contributed by atoms with Gasteiger partial charge in [-0.1, -0.05) is 29.4 Å². The summed E-state index contributed by atoms with van der Waals surface area (Å²) < 4.78 is 5.38. The maximum absolute atomic E-state index is 9.52. The summed E-state index contributed by atoms with van der Waals surface area (Å²) in [5, 5.41) is 25.7. The second-order valence-electron chi connectivity index (χ2n) is 6.68.